The molecule has 0 saturated carbocycles. The Bertz CT molecular complexity index is 3270. The van der Waals surface area contributed by atoms with E-state index in [0.717, 1.165) is 64.2 Å². The Balaban J connectivity index is 0.798. The molecule has 0 aliphatic carbocycles. The number of aryl methyl sites for hydroxylation is 2. The number of thioether (sulfide) groups is 1. The predicted octanol–water partition coefficient (Wildman–Crippen LogP) is 11.0. The van der Waals surface area contributed by atoms with Crippen LogP contribution < -0.4 is 29.3 Å². The quantitative estimate of drug-likeness (QED) is 0.0231. The highest BCUT2D eigenvalue weighted by atomic mass is 33.1. The van der Waals surface area contributed by atoms with Gasteiger partial charge in [0.05, 0.1) is 18.0 Å². The van der Waals surface area contributed by atoms with Crippen molar-refractivity contribution in [2.24, 2.45) is 0 Å². The number of para-hydroxylation sites is 2. The lowest BCUT2D eigenvalue weighted by Gasteiger charge is -2.23. The number of benzene rings is 5. The fourth-order valence-electron chi connectivity index (χ4n) is 11.3. The highest BCUT2D eigenvalue weighted by Crippen LogP contribution is 2.43. The van der Waals surface area contributed by atoms with Crippen LogP contribution in [0.15, 0.2) is 91.0 Å². The molecule has 1 fully saturated rings. The number of imide groups is 1. The fraction of sp³-hybridized carbons (Fsp3) is 0.403. The van der Waals surface area contributed by atoms with E-state index in [0.29, 0.717) is 84.8 Å². The van der Waals surface area contributed by atoms with Gasteiger partial charge in [0, 0.05) is 89.2 Å². The lowest BCUT2D eigenvalue weighted by atomic mass is 9.99. The molecule has 0 spiro atoms. The van der Waals surface area contributed by atoms with Gasteiger partial charge in [-0.2, -0.15) is 11.8 Å². The summed E-state index contributed by atoms with van der Waals surface area (Å²) in [6, 6.07) is 29.3. The van der Waals surface area contributed by atoms with Gasteiger partial charge in [0.15, 0.2) is 11.5 Å². The Morgan fingerprint density at radius 3 is 2.18 bits per heavy atom. The van der Waals surface area contributed by atoms with Crippen molar-refractivity contribution >= 4 is 97.6 Å². The number of carbonyl (C=O) groups excluding carboxylic acids is 6. The molecular weight excluding hydrogens is 1050 g/mol. The molecule has 0 radical (unpaired) electrons. The summed E-state index contributed by atoms with van der Waals surface area (Å²) in [5, 5.41) is 2.84. The van der Waals surface area contributed by atoms with E-state index < -0.39 is 0 Å². The van der Waals surface area contributed by atoms with E-state index in [-0.39, 0.29) is 83.5 Å². The number of ketones is 1. The number of anilines is 3. The average Bonchev–Trinajstić information content (AvgIpc) is 4.29. The molecule has 412 valence electrons. The number of Topliss-reactive ketones (excluding diaryl/α,β-unsaturated/α-hetero) is 1. The molecule has 5 aromatic rings. The molecule has 5 aliphatic heterocycles. The molecule has 1 N–H and O–H groups in total. The van der Waals surface area contributed by atoms with Crippen molar-refractivity contribution in [3.63, 3.8) is 0 Å². The Morgan fingerprint density at radius 2 is 1.46 bits per heavy atom. The maximum absolute atomic E-state index is 14.2. The zero-order chi connectivity index (χ0) is 55.5. The minimum absolute atomic E-state index is 0.0402. The van der Waals surface area contributed by atoms with Crippen molar-refractivity contribution in [3.05, 3.63) is 136 Å². The highest BCUT2D eigenvalue weighted by Gasteiger charge is 2.40. The fourth-order valence-corrected chi connectivity index (χ4v) is 14.6. The molecule has 5 aliphatic rings. The number of likely N-dealkylation sites (tertiary alicyclic amines) is 1. The third-order valence-electron chi connectivity index (χ3n) is 15.5. The number of fused-ring (bicyclic) bond motifs is 8. The maximum Gasteiger partial charge on any atom is 0.258 e. The number of hydrogen-bond donors (Lipinski definition) is 1. The Hall–Kier alpha value is -6.56. The van der Waals surface area contributed by atoms with Gasteiger partial charge in [-0.3, -0.25) is 33.7 Å². The van der Waals surface area contributed by atoms with Gasteiger partial charge < -0.3 is 33.9 Å². The van der Waals surface area contributed by atoms with Crippen LogP contribution in [0.5, 0.6) is 17.2 Å². The molecule has 79 heavy (non-hydrogen) atoms. The van der Waals surface area contributed by atoms with E-state index in [9.17, 15) is 28.8 Å². The summed E-state index contributed by atoms with van der Waals surface area (Å²) in [6.07, 6.45) is 11.5. The third kappa shape index (κ3) is 12.3. The molecular formula is C62H67N5O9S3. The second kappa shape index (κ2) is 24.0. The molecule has 1 saturated heterocycles. The lowest BCUT2D eigenvalue weighted by molar-refractivity contribution is -0.401. The summed E-state index contributed by atoms with van der Waals surface area (Å²) < 4.78 is 20.7. The van der Waals surface area contributed by atoms with E-state index in [1.54, 1.807) is 34.8 Å². The minimum atomic E-state index is -0.310. The van der Waals surface area contributed by atoms with Gasteiger partial charge in [-0.05, 0) is 154 Å². The first-order chi connectivity index (χ1) is 38.1. The first-order valence-corrected chi connectivity index (χ1v) is 30.7. The average molecular weight is 1120 g/mol. The summed E-state index contributed by atoms with van der Waals surface area (Å²) in [7, 11) is 6.89. The predicted molar refractivity (Wildman–Crippen MR) is 314 cm³/mol. The molecule has 14 nitrogen and oxygen atoms in total. The van der Waals surface area contributed by atoms with Crippen LogP contribution in [-0.4, -0.2) is 106 Å². The van der Waals surface area contributed by atoms with Crippen molar-refractivity contribution in [2.45, 2.75) is 127 Å². The molecule has 1 unspecified atom stereocenters. The normalized spacial score (nSPS) is 18.2. The number of amides is 5. The van der Waals surface area contributed by atoms with Crippen molar-refractivity contribution < 1.29 is 47.6 Å². The summed E-state index contributed by atoms with van der Waals surface area (Å²) >= 11 is 1.39. The Morgan fingerprint density at radius 1 is 0.772 bits per heavy atom. The monoisotopic (exact) mass is 1120 g/mol. The van der Waals surface area contributed by atoms with Gasteiger partial charge in [-0.25, -0.2) is 0 Å². The lowest BCUT2D eigenvalue weighted by Crippen LogP contribution is -2.38. The van der Waals surface area contributed by atoms with E-state index in [1.807, 2.05) is 107 Å². The van der Waals surface area contributed by atoms with Crippen LogP contribution in [-0.2, 0) is 51.7 Å². The molecule has 17 heteroatoms. The maximum atomic E-state index is 14.2. The molecule has 10 rings (SSSR count). The zero-order valence-electron chi connectivity index (χ0n) is 45.7. The topological polar surface area (TPSA) is 155 Å². The van der Waals surface area contributed by atoms with Gasteiger partial charge in [-0.1, -0.05) is 64.1 Å². The van der Waals surface area contributed by atoms with E-state index in [2.05, 4.69) is 37.5 Å². The van der Waals surface area contributed by atoms with Crippen LogP contribution >= 0.6 is 33.3 Å². The standard InChI is InChI=1S/C62H67N5O9S3/c1-38-25-49-52(64(4)35-46-30-43-14-8-10-18-51(43)67(46)60(49)72)33-53(38)75-36-39-26-40(37-76-55-31-41-19-20-45-29-42-13-7-9-17-50(42)66(45)59(71)48(41)32-54(55)74-5)28-44(27-39)63-57(69)21-22-62(2,3)79-78-24-12-16-47(68)15-11-23-65-58(70)34-56(77-6)61(65)73/h7-10,13-14,17-18,25-28,31-33,45-46,56H,11-12,15-16,19-24,29-30,34,36-37H2,1-6H3,(H,63,69)/t45-,46+,56?/m1/s1. The number of carbonyl (C=O) groups is 6. The zero-order valence-corrected chi connectivity index (χ0v) is 48.1. The smallest absolute Gasteiger partial charge is 0.258 e. The molecule has 3 atom stereocenters. The van der Waals surface area contributed by atoms with Crippen LogP contribution in [0.25, 0.3) is 0 Å². The number of rotatable bonds is 22. The molecule has 0 bridgehead atoms. The number of nitrogens with zero attached hydrogens (tertiary/aromatic N) is 4. The SMILES string of the molecule is COc1cc2c(cc1OCc1cc(COc3cc4c(cc3C)C(=O)N3c5ccccc5C[C@H]3[C-]=[N+]4C)cc(NC(=O)CCC(C)(C)SSCCCC(=O)CCCN3C(=O)CC(SC)C3=O)c1)CC[C@@H]1Cc3ccccc3N1C2=O. The number of nitrogens with one attached hydrogen (secondary N) is 1. The van der Waals surface area contributed by atoms with Crippen molar-refractivity contribution in [2.75, 3.05) is 47.8 Å². The summed E-state index contributed by atoms with van der Waals surface area (Å²) in [5.41, 5.74) is 9.93. The second-order valence-corrected chi connectivity index (χ2v) is 25.8. The van der Waals surface area contributed by atoms with Crippen molar-refractivity contribution in [3.8, 4) is 17.2 Å². The van der Waals surface area contributed by atoms with Crippen LogP contribution in [0.1, 0.15) is 119 Å². The van der Waals surface area contributed by atoms with Crippen molar-refractivity contribution in [1.82, 2.24) is 4.90 Å². The largest absolute Gasteiger partial charge is 0.493 e. The number of ether oxygens (including phenoxy) is 3. The van der Waals surface area contributed by atoms with Crippen molar-refractivity contribution in [1.29, 1.82) is 0 Å². The minimum Gasteiger partial charge on any atom is -0.493 e. The Labute approximate surface area is 474 Å². The first-order valence-electron chi connectivity index (χ1n) is 27.1. The molecule has 0 aromatic heterocycles. The summed E-state index contributed by atoms with van der Waals surface area (Å²) in [4.78, 5) is 84.6. The Kier molecular flexibility index (Phi) is 17.0. The summed E-state index contributed by atoms with van der Waals surface area (Å²) in [6.45, 7) is 6.74. The van der Waals surface area contributed by atoms with Gasteiger partial charge in [0.1, 0.15) is 31.8 Å². The van der Waals surface area contributed by atoms with Crippen LogP contribution in [0.2, 0.25) is 0 Å². The first kappa shape index (κ1) is 55.7. The third-order valence-corrected chi connectivity index (χ3v) is 19.8. The molecule has 5 amide bonds. The summed E-state index contributed by atoms with van der Waals surface area (Å²) in [5.74, 6) is 1.92. The van der Waals surface area contributed by atoms with E-state index >= 15 is 0 Å². The van der Waals surface area contributed by atoms with Gasteiger partial charge in [0.2, 0.25) is 23.6 Å². The molecule has 5 heterocycles. The second-order valence-electron chi connectivity index (χ2n) is 21.6. The van der Waals surface area contributed by atoms with Gasteiger partial charge in [0.25, 0.3) is 5.91 Å². The van der Waals surface area contributed by atoms with Gasteiger partial charge in [-0.15, -0.1) is 0 Å². The van der Waals surface area contributed by atoms with E-state index in [4.69, 9.17) is 14.2 Å². The van der Waals surface area contributed by atoms with Crippen LogP contribution in [0, 0.1) is 6.92 Å². The number of hydrogen-bond acceptors (Lipinski definition) is 12. The molecule has 5 aromatic carbocycles. The van der Waals surface area contributed by atoms with Crippen LogP contribution in [0.3, 0.4) is 0 Å². The highest BCUT2D eigenvalue weighted by molar-refractivity contribution is 8.77. The van der Waals surface area contributed by atoms with E-state index in [1.165, 1.54) is 22.2 Å². The van der Waals surface area contributed by atoms with Gasteiger partial charge >= 0.3 is 0 Å². The van der Waals surface area contributed by atoms with Crippen LogP contribution in [0.4, 0.5) is 22.7 Å². The number of methoxy groups -OCH3 is 1.